The van der Waals surface area contributed by atoms with E-state index in [4.69, 9.17) is 9.15 Å². The summed E-state index contributed by atoms with van der Waals surface area (Å²) in [5.74, 6) is 0.830. The molecule has 0 aliphatic carbocycles. The van der Waals surface area contributed by atoms with Crippen molar-refractivity contribution in [2.75, 3.05) is 20.3 Å². The van der Waals surface area contributed by atoms with E-state index >= 15 is 0 Å². The fourth-order valence-corrected chi connectivity index (χ4v) is 2.21. The number of carbonyl (C=O) groups is 2. The molecule has 20 heavy (non-hydrogen) atoms. The van der Waals surface area contributed by atoms with Crippen LogP contribution in [0.4, 0.5) is 0 Å². The second-order valence-corrected chi connectivity index (χ2v) is 4.91. The lowest BCUT2D eigenvalue weighted by molar-refractivity contribution is -0.123. The molecule has 1 aromatic heterocycles. The second kappa shape index (κ2) is 7.09. The number of nitrogens with one attached hydrogen (secondary N) is 2. The predicted octanol–water partition coefficient (Wildman–Crippen LogP) is 1.07. The first-order valence-electron chi connectivity index (χ1n) is 6.84. The molecule has 1 saturated heterocycles. The summed E-state index contributed by atoms with van der Waals surface area (Å²) in [4.78, 5) is 23.1. The van der Waals surface area contributed by atoms with Gasteiger partial charge < -0.3 is 19.8 Å². The highest BCUT2D eigenvalue weighted by Crippen LogP contribution is 2.17. The van der Waals surface area contributed by atoms with Crippen molar-refractivity contribution in [1.82, 2.24) is 10.6 Å². The minimum Gasteiger partial charge on any atom is -0.454 e. The molecule has 110 valence electrons. The summed E-state index contributed by atoms with van der Waals surface area (Å²) in [5.41, 5.74) is 0. The van der Waals surface area contributed by atoms with E-state index in [-0.39, 0.29) is 17.6 Å². The Morgan fingerprint density at radius 1 is 1.40 bits per heavy atom. The van der Waals surface area contributed by atoms with Crippen LogP contribution in [0.2, 0.25) is 0 Å². The van der Waals surface area contributed by atoms with E-state index in [9.17, 15) is 9.59 Å². The van der Waals surface area contributed by atoms with Gasteiger partial charge in [0.1, 0.15) is 5.76 Å². The molecule has 1 fully saturated rings. The molecule has 0 aromatic carbocycles. The van der Waals surface area contributed by atoms with Gasteiger partial charge >= 0.3 is 0 Å². The van der Waals surface area contributed by atoms with E-state index in [0.717, 1.165) is 19.4 Å². The van der Waals surface area contributed by atoms with Gasteiger partial charge in [-0.15, -0.1) is 0 Å². The Bertz CT molecular complexity index is 463. The molecule has 1 aliphatic heterocycles. The minimum absolute atomic E-state index is 0.0154. The van der Waals surface area contributed by atoms with Gasteiger partial charge in [0.15, 0.2) is 5.76 Å². The Balaban J connectivity index is 1.75. The molecule has 0 saturated carbocycles. The quantitative estimate of drug-likeness (QED) is 0.845. The van der Waals surface area contributed by atoms with Gasteiger partial charge in [0.2, 0.25) is 5.91 Å². The summed E-state index contributed by atoms with van der Waals surface area (Å²) in [7, 11) is 1.54. The Morgan fingerprint density at radius 3 is 2.95 bits per heavy atom. The zero-order valence-corrected chi connectivity index (χ0v) is 11.6. The van der Waals surface area contributed by atoms with Gasteiger partial charge in [-0.05, 0) is 30.9 Å². The summed E-state index contributed by atoms with van der Waals surface area (Å²) in [6.45, 7) is 1.76. The van der Waals surface area contributed by atoms with Crippen LogP contribution in [0.15, 0.2) is 16.5 Å². The maximum Gasteiger partial charge on any atom is 0.286 e. The molecule has 0 spiro atoms. The third-order valence-electron chi connectivity index (χ3n) is 3.30. The van der Waals surface area contributed by atoms with Crippen molar-refractivity contribution in [3.63, 3.8) is 0 Å². The van der Waals surface area contributed by atoms with Crippen LogP contribution in [0.3, 0.4) is 0 Å². The van der Waals surface area contributed by atoms with Crippen LogP contribution in [0.1, 0.15) is 35.6 Å². The van der Waals surface area contributed by atoms with Crippen LogP contribution < -0.4 is 10.6 Å². The Labute approximate surface area is 117 Å². The molecule has 2 rings (SSSR count). The van der Waals surface area contributed by atoms with Crippen LogP contribution in [0.25, 0.3) is 0 Å². The Hall–Kier alpha value is -1.82. The number of hydrogen-bond acceptors (Lipinski definition) is 4. The number of furan rings is 1. The summed E-state index contributed by atoms with van der Waals surface area (Å²) < 4.78 is 10.7. The van der Waals surface area contributed by atoms with Gasteiger partial charge in [-0.1, -0.05) is 0 Å². The molecule has 2 heterocycles. The molecule has 0 radical (unpaired) electrons. The fraction of sp³-hybridized carbons (Fsp3) is 0.571. The standard InChI is InChI=1S/C14H20N2O4/c1-15-14(18)12-5-4-11(20-12)8-16-13(17)7-10-3-2-6-19-9-10/h4-5,10H,2-3,6-9H2,1H3,(H,15,18)(H,16,17)/t10-/m0/s1. The first-order valence-corrected chi connectivity index (χ1v) is 6.84. The number of carbonyl (C=O) groups excluding carboxylic acids is 2. The number of amides is 2. The number of ether oxygens (including phenoxy) is 1. The number of hydrogen-bond donors (Lipinski definition) is 2. The van der Waals surface area contributed by atoms with Crippen molar-refractivity contribution in [3.05, 3.63) is 23.7 Å². The molecule has 1 atom stereocenters. The molecular weight excluding hydrogens is 260 g/mol. The van der Waals surface area contributed by atoms with Crippen LogP contribution in [-0.4, -0.2) is 32.1 Å². The van der Waals surface area contributed by atoms with Crippen LogP contribution in [-0.2, 0) is 16.1 Å². The van der Waals surface area contributed by atoms with Crippen molar-refractivity contribution < 1.29 is 18.7 Å². The van der Waals surface area contributed by atoms with Crippen molar-refractivity contribution in [1.29, 1.82) is 0 Å². The van der Waals surface area contributed by atoms with Gasteiger partial charge in [0.05, 0.1) is 6.54 Å². The van der Waals surface area contributed by atoms with Crippen LogP contribution in [0.5, 0.6) is 0 Å². The van der Waals surface area contributed by atoms with Gasteiger partial charge in [-0.3, -0.25) is 9.59 Å². The summed E-state index contributed by atoms with van der Waals surface area (Å²) in [5, 5.41) is 5.28. The second-order valence-electron chi connectivity index (χ2n) is 4.91. The normalized spacial score (nSPS) is 18.6. The highest BCUT2D eigenvalue weighted by atomic mass is 16.5. The molecule has 0 unspecified atom stereocenters. The monoisotopic (exact) mass is 280 g/mol. The maximum absolute atomic E-state index is 11.8. The fourth-order valence-electron chi connectivity index (χ4n) is 2.21. The zero-order valence-electron chi connectivity index (χ0n) is 11.6. The van der Waals surface area contributed by atoms with Crippen LogP contribution in [0, 0.1) is 5.92 Å². The average molecular weight is 280 g/mol. The lowest BCUT2D eigenvalue weighted by Gasteiger charge is -2.21. The first kappa shape index (κ1) is 14.6. The summed E-state index contributed by atoms with van der Waals surface area (Å²) in [6.07, 6.45) is 2.53. The molecule has 6 heteroatoms. The highest BCUT2D eigenvalue weighted by molar-refractivity contribution is 5.91. The van der Waals surface area contributed by atoms with Crippen molar-refractivity contribution in [2.24, 2.45) is 5.92 Å². The van der Waals surface area contributed by atoms with E-state index in [2.05, 4.69) is 10.6 Å². The Morgan fingerprint density at radius 2 is 2.25 bits per heavy atom. The van der Waals surface area contributed by atoms with Crippen molar-refractivity contribution in [2.45, 2.75) is 25.8 Å². The SMILES string of the molecule is CNC(=O)c1ccc(CNC(=O)C[C@@H]2CCCOC2)o1. The molecule has 1 aliphatic rings. The lowest BCUT2D eigenvalue weighted by Crippen LogP contribution is -2.28. The minimum atomic E-state index is -0.276. The zero-order chi connectivity index (χ0) is 14.4. The van der Waals surface area contributed by atoms with E-state index in [1.54, 1.807) is 19.2 Å². The molecule has 6 nitrogen and oxygen atoms in total. The molecule has 2 N–H and O–H groups in total. The van der Waals surface area contributed by atoms with E-state index in [1.165, 1.54) is 0 Å². The van der Waals surface area contributed by atoms with Gasteiger partial charge in [-0.2, -0.15) is 0 Å². The third-order valence-corrected chi connectivity index (χ3v) is 3.30. The van der Waals surface area contributed by atoms with Crippen LogP contribution >= 0.6 is 0 Å². The average Bonchev–Trinajstić information content (AvgIpc) is 2.94. The smallest absolute Gasteiger partial charge is 0.286 e. The summed E-state index contributed by atoms with van der Waals surface area (Å²) >= 11 is 0. The lowest BCUT2D eigenvalue weighted by atomic mass is 9.98. The van der Waals surface area contributed by atoms with E-state index in [0.29, 0.717) is 31.3 Å². The molecular formula is C14H20N2O4. The molecule has 2 amide bonds. The van der Waals surface area contributed by atoms with E-state index < -0.39 is 0 Å². The van der Waals surface area contributed by atoms with Gasteiger partial charge in [0, 0.05) is 26.7 Å². The first-order chi connectivity index (χ1) is 9.69. The maximum atomic E-state index is 11.8. The number of rotatable bonds is 5. The van der Waals surface area contributed by atoms with E-state index in [1.807, 2.05) is 0 Å². The van der Waals surface area contributed by atoms with Gasteiger partial charge in [0.25, 0.3) is 5.91 Å². The summed E-state index contributed by atoms with van der Waals surface area (Å²) in [6, 6.07) is 3.28. The highest BCUT2D eigenvalue weighted by Gasteiger charge is 2.17. The van der Waals surface area contributed by atoms with Crippen molar-refractivity contribution >= 4 is 11.8 Å². The topological polar surface area (TPSA) is 80.6 Å². The predicted molar refractivity (Wildman–Crippen MR) is 72.1 cm³/mol. The van der Waals surface area contributed by atoms with Crippen molar-refractivity contribution in [3.8, 4) is 0 Å². The third kappa shape index (κ3) is 4.09. The largest absolute Gasteiger partial charge is 0.454 e. The molecule has 1 aromatic rings. The molecule has 0 bridgehead atoms. The Kier molecular flexibility index (Phi) is 5.17. The van der Waals surface area contributed by atoms with Gasteiger partial charge in [-0.25, -0.2) is 0 Å².